The van der Waals surface area contributed by atoms with Gasteiger partial charge in [0.05, 0.1) is 0 Å². The van der Waals surface area contributed by atoms with Crippen LogP contribution >= 0.6 is 0 Å². The van der Waals surface area contributed by atoms with Crippen molar-refractivity contribution in [1.82, 2.24) is 4.98 Å². The molecule has 1 aromatic rings. The van der Waals surface area contributed by atoms with E-state index < -0.39 is 10.8 Å². The fourth-order valence-corrected chi connectivity index (χ4v) is 1.89. The van der Waals surface area contributed by atoms with Crippen LogP contribution in [0.1, 0.15) is 13.8 Å². The van der Waals surface area contributed by atoms with E-state index >= 15 is 0 Å². The SMILES string of the molecule is CCNc1cc(NCCS(=O)CC)ccn1. The van der Waals surface area contributed by atoms with E-state index in [9.17, 15) is 4.21 Å². The summed E-state index contributed by atoms with van der Waals surface area (Å²) in [5, 5.41) is 6.38. The minimum atomic E-state index is -0.703. The molecule has 0 radical (unpaired) electrons. The highest BCUT2D eigenvalue weighted by Crippen LogP contribution is 2.11. The minimum Gasteiger partial charge on any atom is -0.384 e. The number of nitrogens with one attached hydrogen (secondary N) is 2. The molecule has 0 bridgehead atoms. The molecule has 0 fully saturated rings. The third-order valence-electron chi connectivity index (χ3n) is 2.10. The van der Waals surface area contributed by atoms with Gasteiger partial charge in [-0.2, -0.15) is 0 Å². The van der Waals surface area contributed by atoms with Crippen molar-refractivity contribution in [3.8, 4) is 0 Å². The molecule has 0 aliphatic rings. The van der Waals surface area contributed by atoms with Gasteiger partial charge in [0.1, 0.15) is 5.82 Å². The fraction of sp³-hybridized carbons (Fsp3) is 0.545. The maximum atomic E-state index is 11.2. The van der Waals surface area contributed by atoms with Crippen LogP contribution in [0.3, 0.4) is 0 Å². The summed E-state index contributed by atoms with van der Waals surface area (Å²) in [6.07, 6.45) is 1.76. The molecule has 0 aliphatic heterocycles. The van der Waals surface area contributed by atoms with E-state index in [0.717, 1.165) is 30.3 Å². The highest BCUT2D eigenvalue weighted by molar-refractivity contribution is 7.84. The van der Waals surface area contributed by atoms with Crippen LogP contribution in [0.5, 0.6) is 0 Å². The molecular weight excluding hydrogens is 222 g/mol. The van der Waals surface area contributed by atoms with E-state index in [2.05, 4.69) is 15.6 Å². The van der Waals surface area contributed by atoms with Crippen LogP contribution in [0.15, 0.2) is 18.3 Å². The molecule has 1 rings (SSSR count). The molecule has 0 aliphatic carbocycles. The van der Waals surface area contributed by atoms with Gasteiger partial charge in [-0.1, -0.05) is 6.92 Å². The van der Waals surface area contributed by atoms with Gasteiger partial charge in [-0.25, -0.2) is 4.98 Å². The van der Waals surface area contributed by atoms with Crippen molar-refractivity contribution >= 4 is 22.3 Å². The quantitative estimate of drug-likeness (QED) is 0.763. The second-order valence-corrected chi connectivity index (χ2v) is 5.18. The molecular formula is C11H19N3OS. The van der Waals surface area contributed by atoms with Crippen LogP contribution in [0.25, 0.3) is 0 Å². The van der Waals surface area contributed by atoms with Crippen LogP contribution in [-0.4, -0.2) is 33.8 Å². The predicted octanol–water partition coefficient (Wildman–Crippen LogP) is 1.69. The maximum Gasteiger partial charge on any atom is 0.127 e. The van der Waals surface area contributed by atoms with Gasteiger partial charge < -0.3 is 10.6 Å². The number of hydrogen-bond acceptors (Lipinski definition) is 4. The normalized spacial score (nSPS) is 12.1. The van der Waals surface area contributed by atoms with E-state index in [1.54, 1.807) is 6.20 Å². The van der Waals surface area contributed by atoms with Crippen LogP contribution < -0.4 is 10.6 Å². The Morgan fingerprint density at radius 2 is 2.19 bits per heavy atom. The Hall–Kier alpha value is -1.10. The van der Waals surface area contributed by atoms with Gasteiger partial charge >= 0.3 is 0 Å². The monoisotopic (exact) mass is 241 g/mol. The lowest BCUT2D eigenvalue weighted by Crippen LogP contribution is -2.12. The number of rotatable bonds is 7. The van der Waals surface area contributed by atoms with Gasteiger partial charge in [0, 0.05) is 53.3 Å². The molecule has 0 amide bonds. The molecule has 2 N–H and O–H groups in total. The second-order valence-electron chi connectivity index (χ2n) is 3.32. The van der Waals surface area contributed by atoms with Gasteiger partial charge in [-0.05, 0) is 13.0 Å². The van der Waals surface area contributed by atoms with Gasteiger partial charge in [-0.3, -0.25) is 4.21 Å². The van der Waals surface area contributed by atoms with Crippen molar-refractivity contribution in [3.63, 3.8) is 0 Å². The number of anilines is 2. The molecule has 16 heavy (non-hydrogen) atoms. The zero-order valence-corrected chi connectivity index (χ0v) is 10.6. The van der Waals surface area contributed by atoms with E-state index in [-0.39, 0.29) is 0 Å². The van der Waals surface area contributed by atoms with Gasteiger partial charge in [0.25, 0.3) is 0 Å². The maximum absolute atomic E-state index is 11.2. The summed E-state index contributed by atoms with van der Waals surface area (Å²) < 4.78 is 11.2. The van der Waals surface area contributed by atoms with Crippen molar-refractivity contribution < 1.29 is 4.21 Å². The first kappa shape index (κ1) is 13.0. The molecule has 4 nitrogen and oxygen atoms in total. The molecule has 0 spiro atoms. The number of pyridine rings is 1. The number of hydrogen-bond donors (Lipinski definition) is 2. The van der Waals surface area contributed by atoms with Crippen LogP contribution in [0.2, 0.25) is 0 Å². The van der Waals surface area contributed by atoms with Gasteiger partial charge in [-0.15, -0.1) is 0 Å². The first-order valence-corrected chi connectivity index (χ1v) is 7.03. The Morgan fingerprint density at radius 3 is 2.88 bits per heavy atom. The average Bonchev–Trinajstić information content (AvgIpc) is 2.30. The van der Waals surface area contributed by atoms with Crippen molar-refractivity contribution in [2.24, 2.45) is 0 Å². The minimum absolute atomic E-state index is 0.690. The Morgan fingerprint density at radius 1 is 1.38 bits per heavy atom. The fourth-order valence-electron chi connectivity index (χ4n) is 1.27. The van der Waals surface area contributed by atoms with Crippen molar-refractivity contribution in [2.45, 2.75) is 13.8 Å². The summed E-state index contributed by atoms with van der Waals surface area (Å²) >= 11 is 0. The molecule has 1 aromatic heterocycles. The number of aromatic nitrogens is 1. The zero-order valence-electron chi connectivity index (χ0n) is 9.82. The molecule has 1 atom stereocenters. The Bertz CT molecular complexity index is 344. The molecule has 0 aromatic carbocycles. The average molecular weight is 241 g/mol. The summed E-state index contributed by atoms with van der Waals surface area (Å²) in [4.78, 5) is 4.18. The lowest BCUT2D eigenvalue weighted by Gasteiger charge is -2.07. The highest BCUT2D eigenvalue weighted by atomic mass is 32.2. The third kappa shape index (κ3) is 4.61. The first-order chi connectivity index (χ1) is 7.76. The smallest absolute Gasteiger partial charge is 0.127 e. The molecule has 90 valence electrons. The first-order valence-electron chi connectivity index (χ1n) is 5.55. The summed E-state index contributed by atoms with van der Waals surface area (Å²) in [7, 11) is -0.703. The lowest BCUT2D eigenvalue weighted by molar-refractivity contribution is 0.684. The Kier molecular flexibility index (Phi) is 5.85. The highest BCUT2D eigenvalue weighted by Gasteiger charge is 1.97. The molecule has 0 saturated carbocycles. The summed E-state index contributed by atoms with van der Waals surface area (Å²) in [6, 6.07) is 3.87. The van der Waals surface area contributed by atoms with Crippen molar-refractivity contribution in [1.29, 1.82) is 0 Å². The topological polar surface area (TPSA) is 54.0 Å². The van der Waals surface area contributed by atoms with E-state index in [0.29, 0.717) is 5.75 Å². The predicted molar refractivity (Wildman–Crippen MR) is 70.4 cm³/mol. The summed E-state index contributed by atoms with van der Waals surface area (Å²) in [6.45, 7) is 5.56. The number of nitrogens with zero attached hydrogens (tertiary/aromatic N) is 1. The Labute approximate surface area is 99.3 Å². The third-order valence-corrected chi connectivity index (χ3v) is 3.40. The van der Waals surface area contributed by atoms with E-state index in [1.165, 1.54) is 0 Å². The summed E-state index contributed by atoms with van der Waals surface area (Å²) in [5.74, 6) is 2.28. The van der Waals surface area contributed by atoms with E-state index in [4.69, 9.17) is 0 Å². The Balaban J connectivity index is 2.41. The van der Waals surface area contributed by atoms with Crippen LogP contribution in [0.4, 0.5) is 11.5 Å². The van der Waals surface area contributed by atoms with Crippen molar-refractivity contribution in [2.75, 3.05) is 35.2 Å². The molecule has 1 heterocycles. The standard InChI is InChI=1S/C11H19N3OS/c1-3-12-11-9-10(5-6-14-11)13-7-8-16(15)4-2/h5-6,9H,3-4,7-8H2,1-2H3,(H2,12,13,14). The molecule has 0 saturated heterocycles. The zero-order chi connectivity index (χ0) is 11.8. The largest absolute Gasteiger partial charge is 0.384 e. The van der Waals surface area contributed by atoms with Gasteiger partial charge in [0.2, 0.25) is 0 Å². The second kappa shape index (κ2) is 7.22. The summed E-state index contributed by atoms with van der Waals surface area (Å²) in [5.41, 5.74) is 1.01. The van der Waals surface area contributed by atoms with Crippen molar-refractivity contribution in [3.05, 3.63) is 18.3 Å². The van der Waals surface area contributed by atoms with Crippen LogP contribution in [0, 0.1) is 0 Å². The van der Waals surface area contributed by atoms with Gasteiger partial charge in [0.15, 0.2) is 0 Å². The lowest BCUT2D eigenvalue weighted by atomic mass is 10.4. The van der Waals surface area contributed by atoms with E-state index in [1.807, 2.05) is 26.0 Å². The molecule has 5 heteroatoms. The molecule has 1 unspecified atom stereocenters. The van der Waals surface area contributed by atoms with Crippen LogP contribution in [-0.2, 0) is 10.8 Å².